The summed E-state index contributed by atoms with van der Waals surface area (Å²) in [6.45, 7) is 7.14. The number of nitrogens with zero attached hydrogens (tertiary/aromatic N) is 2. The summed E-state index contributed by atoms with van der Waals surface area (Å²) in [6.07, 6.45) is 1.23. The van der Waals surface area contributed by atoms with Crippen molar-refractivity contribution in [2.45, 2.75) is 20.3 Å². The van der Waals surface area contributed by atoms with Crippen molar-refractivity contribution >= 4 is 5.91 Å². The molecule has 1 unspecified atom stereocenters. The summed E-state index contributed by atoms with van der Waals surface area (Å²) in [7, 11) is 4.06. The van der Waals surface area contributed by atoms with Crippen LogP contribution in [0.4, 0.5) is 0 Å². The molecule has 0 aromatic heterocycles. The molecule has 1 atom stereocenters. The molecule has 82 valence electrons. The first-order valence-corrected chi connectivity index (χ1v) is 5.44. The number of rotatable bonds is 3. The molecule has 1 fully saturated rings. The van der Waals surface area contributed by atoms with Crippen molar-refractivity contribution in [1.29, 1.82) is 0 Å². The lowest BCUT2D eigenvalue weighted by Crippen LogP contribution is -2.35. The third-order valence-corrected chi connectivity index (χ3v) is 2.89. The first-order valence-electron chi connectivity index (χ1n) is 5.44. The van der Waals surface area contributed by atoms with Crippen LogP contribution in [0.15, 0.2) is 0 Å². The van der Waals surface area contributed by atoms with Gasteiger partial charge in [0.2, 0.25) is 5.91 Å². The van der Waals surface area contributed by atoms with Gasteiger partial charge < -0.3 is 9.80 Å². The largest absolute Gasteiger partial charge is 0.345 e. The van der Waals surface area contributed by atoms with Crippen LogP contribution < -0.4 is 0 Å². The van der Waals surface area contributed by atoms with Crippen molar-refractivity contribution in [1.82, 2.24) is 9.80 Å². The molecule has 1 aliphatic rings. The second-order valence-corrected chi connectivity index (χ2v) is 4.79. The second-order valence-electron chi connectivity index (χ2n) is 4.79. The van der Waals surface area contributed by atoms with Crippen molar-refractivity contribution in [3.05, 3.63) is 0 Å². The highest BCUT2D eigenvalue weighted by molar-refractivity contribution is 5.77. The van der Waals surface area contributed by atoms with E-state index < -0.39 is 0 Å². The van der Waals surface area contributed by atoms with Crippen molar-refractivity contribution in [3.63, 3.8) is 0 Å². The Morgan fingerprint density at radius 1 is 1.57 bits per heavy atom. The van der Waals surface area contributed by atoms with E-state index in [0.717, 1.165) is 13.1 Å². The maximum Gasteiger partial charge on any atom is 0.224 e. The van der Waals surface area contributed by atoms with Gasteiger partial charge in [-0.1, -0.05) is 13.8 Å². The van der Waals surface area contributed by atoms with Gasteiger partial charge >= 0.3 is 0 Å². The molecular formula is C11H22N2O. The molecule has 0 saturated carbocycles. The van der Waals surface area contributed by atoms with Crippen LogP contribution in [0, 0.1) is 11.8 Å². The molecule has 14 heavy (non-hydrogen) atoms. The third-order valence-electron chi connectivity index (χ3n) is 2.89. The highest BCUT2D eigenvalue weighted by atomic mass is 16.2. The quantitative estimate of drug-likeness (QED) is 0.677. The molecule has 0 radical (unpaired) electrons. The summed E-state index contributed by atoms with van der Waals surface area (Å²) in [5, 5.41) is 0. The number of carbonyl (C=O) groups is 1. The molecule has 0 aliphatic carbocycles. The Hall–Kier alpha value is -0.570. The smallest absolute Gasteiger partial charge is 0.224 e. The van der Waals surface area contributed by atoms with E-state index in [2.05, 4.69) is 11.9 Å². The summed E-state index contributed by atoms with van der Waals surface area (Å²) < 4.78 is 0. The van der Waals surface area contributed by atoms with E-state index in [1.54, 1.807) is 0 Å². The van der Waals surface area contributed by atoms with Gasteiger partial charge in [-0.2, -0.15) is 0 Å². The summed E-state index contributed by atoms with van der Waals surface area (Å²) in [5.41, 5.74) is 0. The fourth-order valence-corrected chi connectivity index (χ4v) is 2.09. The van der Waals surface area contributed by atoms with E-state index in [4.69, 9.17) is 0 Å². The number of likely N-dealkylation sites (tertiary alicyclic amines) is 1. The minimum absolute atomic E-state index is 0.124. The van der Waals surface area contributed by atoms with Gasteiger partial charge in [0.15, 0.2) is 0 Å². The molecule has 0 spiro atoms. The van der Waals surface area contributed by atoms with E-state index in [1.165, 1.54) is 13.0 Å². The average Bonchev–Trinajstić information content (AvgIpc) is 2.49. The maximum absolute atomic E-state index is 11.6. The van der Waals surface area contributed by atoms with E-state index in [-0.39, 0.29) is 11.8 Å². The SMILES string of the molecule is CC(C)C(=O)N(C)CC1CCN(C)C1. The van der Waals surface area contributed by atoms with E-state index in [1.807, 2.05) is 25.8 Å². The molecular weight excluding hydrogens is 176 g/mol. The number of hydrogen-bond donors (Lipinski definition) is 0. The van der Waals surface area contributed by atoms with Gasteiger partial charge in [0.05, 0.1) is 0 Å². The number of amides is 1. The van der Waals surface area contributed by atoms with Gasteiger partial charge in [0, 0.05) is 26.1 Å². The zero-order valence-electron chi connectivity index (χ0n) is 9.79. The van der Waals surface area contributed by atoms with E-state index in [9.17, 15) is 4.79 Å². The average molecular weight is 198 g/mol. The summed E-state index contributed by atoms with van der Waals surface area (Å²) >= 11 is 0. The van der Waals surface area contributed by atoms with Gasteiger partial charge in [-0.3, -0.25) is 4.79 Å². The van der Waals surface area contributed by atoms with Gasteiger partial charge in [-0.05, 0) is 25.9 Å². The summed E-state index contributed by atoms with van der Waals surface area (Å²) in [4.78, 5) is 15.8. The van der Waals surface area contributed by atoms with E-state index in [0.29, 0.717) is 5.92 Å². The highest BCUT2D eigenvalue weighted by Crippen LogP contribution is 2.15. The normalized spacial score (nSPS) is 23.1. The zero-order chi connectivity index (χ0) is 10.7. The van der Waals surface area contributed by atoms with E-state index >= 15 is 0 Å². The Kier molecular flexibility index (Phi) is 3.93. The van der Waals surface area contributed by atoms with Crippen LogP contribution in [0.2, 0.25) is 0 Å². The molecule has 0 N–H and O–H groups in total. The lowest BCUT2D eigenvalue weighted by Gasteiger charge is -2.22. The minimum Gasteiger partial charge on any atom is -0.345 e. The number of carbonyl (C=O) groups excluding carboxylic acids is 1. The molecule has 0 aromatic rings. The van der Waals surface area contributed by atoms with Crippen molar-refractivity contribution in [2.24, 2.45) is 11.8 Å². The molecule has 0 bridgehead atoms. The Morgan fingerprint density at radius 2 is 2.21 bits per heavy atom. The molecule has 1 amide bonds. The zero-order valence-corrected chi connectivity index (χ0v) is 9.79. The minimum atomic E-state index is 0.124. The van der Waals surface area contributed by atoms with Gasteiger partial charge in [-0.25, -0.2) is 0 Å². The first-order chi connectivity index (χ1) is 6.50. The second kappa shape index (κ2) is 4.78. The fourth-order valence-electron chi connectivity index (χ4n) is 2.09. The lowest BCUT2D eigenvalue weighted by molar-refractivity contribution is -0.133. The Labute approximate surface area is 87.1 Å². The Bertz CT molecular complexity index is 203. The predicted octanol–water partition coefficient (Wildman–Crippen LogP) is 1.05. The van der Waals surface area contributed by atoms with Gasteiger partial charge in [0.25, 0.3) is 0 Å². The molecule has 1 heterocycles. The first kappa shape index (κ1) is 11.5. The Balaban J connectivity index is 2.33. The summed E-state index contributed by atoms with van der Waals surface area (Å²) in [6, 6.07) is 0. The molecule has 1 saturated heterocycles. The van der Waals surface area contributed by atoms with Crippen LogP contribution in [0.25, 0.3) is 0 Å². The van der Waals surface area contributed by atoms with Crippen LogP contribution in [0.5, 0.6) is 0 Å². The predicted molar refractivity (Wildman–Crippen MR) is 58.1 cm³/mol. The molecule has 1 rings (SSSR count). The maximum atomic E-state index is 11.6. The standard InChI is InChI=1S/C11H22N2O/c1-9(2)11(14)13(4)8-10-5-6-12(3)7-10/h9-10H,5-8H2,1-4H3. The van der Waals surface area contributed by atoms with Gasteiger partial charge in [-0.15, -0.1) is 0 Å². The topological polar surface area (TPSA) is 23.6 Å². The van der Waals surface area contributed by atoms with Crippen LogP contribution >= 0.6 is 0 Å². The van der Waals surface area contributed by atoms with Crippen molar-refractivity contribution < 1.29 is 4.79 Å². The fraction of sp³-hybridized carbons (Fsp3) is 0.909. The van der Waals surface area contributed by atoms with Crippen LogP contribution in [0.1, 0.15) is 20.3 Å². The van der Waals surface area contributed by atoms with Crippen LogP contribution in [-0.4, -0.2) is 49.4 Å². The molecule has 0 aromatic carbocycles. The molecule has 3 heteroatoms. The van der Waals surface area contributed by atoms with Crippen LogP contribution in [0.3, 0.4) is 0 Å². The monoisotopic (exact) mass is 198 g/mol. The highest BCUT2D eigenvalue weighted by Gasteiger charge is 2.23. The Morgan fingerprint density at radius 3 is 2.64 bits per heavy atom. The lowest BCUT2D eigenvalue weighted by atomic mass is 10.1. The third kappa shape index (κ3) is 2.98. The van der Waals surface area contributed by atoms with Crippen molar-refractivity contribution in [2.75, 3.05) is 33.7 Å². The van der Waals surface area contributed by atoms with Crippen molar-refractivity contribution in [3.8, 4) is 0 Å². The van der Waals surface area contributed by atoms with Crippen LogP contribution in [-0.2, 0) is 4.79 Å². The molecule has 3 nitrogen and oxygen atoms in total. The summed E-state index contributed by atoms with van der Waals surface area (Å²) in [5.74, 6) is 1.06. The molecule has 1 aliphatic heterocycles. The van der Waals surface area contributed by atoms with Gasteiger partial charge in [0.1, 0.15) is 0 Å². The number of hydrogen-bond acceptors (Lipinski definition) is 2.